The van der Waals surface area contributed by atoms with E-state index in [1.165, 1.54) is 23.1 Å². The molecule has 0 fully saturated rings. The van der Waals surface area contributed by atoms with Crippen LogP contribution >= 0.6 is 0 Å². The second kappa shape index (κ2) is 5.55. The molecule has 0 bridgehead atoms. The van der Waals surface area contributed by atoms with Crippen LogP contribution in [0.2, 0.25) is 0 Å². The third kappa shape index (κ3) is 2.68. The molecule has 0 aliphatic carbocycles. The van der Waals surface area contributed by atoms with Crippen LogP contribution in [0.3, 0.4) is 0 Å². The van der Waals surface area contributed by atoms with Crippen LogP contribution in [-0.4, -0.2) is 41.5 Å². The molecule has 1 aliphatic rings. The van der Waals surface area contributed by atoms with Gasteiger partial charge in [0.05, 0.1) is 23.8 Å². The second-order valence-corrected chi connectivity index (χ2v) is 4.13. The summed E-state index contributed by atoms with van der Waals surface area (Å²) < 4.78 is 4.77. The van der Waals surface area contributed by atoms with E-state index in [9.17, 15) is 19.7 Å². The SMILES string of the molecule is CCOC(=O)CN1CNc2ccc([N+](=O)[O-])cc2C1=O. The Balaban J connectivity index is 2.21. The average molecular weight is 279 g/mol. The number of nitrogens with zero attached hydrogens (tertiary/aromatic N) is 2. The monoisotopic (exact) mass is 279 g/mol. The van der Waals surface area contributed by atoms with Crippen molar-refractivity contribution in [1.82, 2.24) is 4.90 Å². The highest BCUT2D eigenvalue weighted by molar-refractivity contribution is 6.03. The molecule has 2 rings (SSSR count). The van der Waals surface area contributed by atoms with Gasteiger partial charge in [-0.1, -0.05) is 0 Å². The van der Waals surface area contributed by atoms with E-state index in [-0.39, 0.29) is 31.1 Å². The van der Waals surface area contributed by atoms with Gasteiger partial charge in [0.15, 0.2) is 0 Å². The minimum Gasteiger partial charge on any atom is -0.465 e. The van der Waals surface area contributed by atoms with Gasteiger partial charge in [-0.05, 0) is 13.0 Å². The summed E-state index contributed by atoms with van der Waals surface area (Å²) in [5.41, 5.74) is 0.521. The van der Waals surface area contributed by atoms with Gasteiger partial charge in [-0.25, -0.2) is 0 Å². The Morgan fingerprint density at radius 2 is 2.30 bits per heavy atom. The smallest absolute Gasteiger partial charge is 0.325 e. The standard InChI is InChI=1S/C12H13N3O5/c1-2-20-11(16)6-14-7-13-10-4-3-8(15(18)19)5-9(10)12(14)17/h3-5,13H,2,6-7H2,1H3. The largest absolute Gasteiger partial charge is 0.465 e. The van der Waals surface area contributed by atoms with Crippen molar-refractivity contribution >= 4 is 23.3 Å². The maximum Gasteiger partial charge on any atom is 0.325 e. The van der Waals surface area contributed by atoms with Crippen molar-refractivity contribution in [2.45, 2.75) is 6.92 Å². The molecule has 1 aromatic carbocycles. The highest BCUT2D eigenvalue weighted by atomic mass is 16.6. The molecule has 20 heavy (non-hydrogen) atoms. The van der Waals surface area contributed by atoms with Gasteiger partial charge in [0.2, 0.25) is 0 Å². The molecule has 1 amide bonds. The van der Waals surface area contributed by atoms with Gasteiger partial charge in [0.25, 0.3) is 11.6 Å². The number of carbonyl (C=O) groups is 2. The van der Waals surface area contributed by atoms with Gasteiger partial charge in [-0.15, -0.1) is 0 Å². The number of nitro groups is 1. The Hall–Kier alpha value is -2.64. The maximum absolute atomic E-state index is 12.2. The van der Waals surface area contributed by atoms with Crippen LogP contribution in [0.15, 0.2) is 18.2 Å². The number of rotatable bonds is 4. The van der Waals surface area contributed by atoms with Crippen LogP contribution in [0.25, 0.3) is 0 Å². The molecule has 0 saturated heterocycles. The number of hydrogen-bond acceptors (Lipinski definition) is 6. The topological polar surface area (TPSA) is 102 Å². The molecule has 0 aromatic heterocycles. The van der Waals surface area contributed by atoms with Crippen LogP contribution in [0, 0.1) is 10.1 Å². The fraction of sp³-hybridized carbons (Fsp3) is 0.333. The van der Waals surface area contributed by atoms with Crippen LogP contribution in [-0.2, 0) is 9.53 Å². The molecule has 0 spiro atoms. The van der Waals surface area contributed by atoms with Gasteiger partial charge in [-0.3, -0.25) is 19.7 Å². The zero-order valence-corrected chi connectivity index (χ0v) is 10.8. The van der Waals surface area contributed by atoms with E-state index >= 15 is 0 Å². The number of esters is 1. The molecular formula is C12H13N3O5. The number of nitro benzene ring substituents is 1. The third-order valence-corrected chi connectivity index (χ3v) is 2.82. The van der Waals surface area contributed by atoms with E-state index in [1.807, 2.05) is 0 Å². The minimum absolute atomic E-state index is 0.155. The second-order valence-electron chi connectivity index (χ2n) is 4.13. The maximum atomic E-state index is 12.2. The first-order valence-electron chi connectivity index (χ1n) is 6.00. The van der Waals surface area contributed by atoms with Crippen molar-refractivity contribution < 1.29 is 19.2 Å². The summed E-state index contributed by atoms with van der Waals surface area (Å²) in [6.45, 7) is 1.87. The molecule has 1 aliphatic heterocycles. The van der Waals surface area contributed by atoms with E-state index in [0.717, 1.165) is 0 Å². The van der Waals surface area contributed by atoms with Crippen molar-refractivity contribution in [2.24, 2.45) is 0 Å². The molecule has 106 valence electrons. The van der Waals surface area contributed by atoms with Gasteiger partial charge < -0.3 is 15.0 Å². The Kier molecular flexibility index (Phi) is 3.83. The van der Waals surface area contributed by atoms with Gasteiger partial charge in [0.1, 0.15) is 6.54 Å². The van der Waals surface area contributed by atoms with Crippen LogP contribution in [0.5, 0.6) is 0 Å². The Labute approximate surface area is 114 Å². The summed E-state index contributed by atoms with van der Waals surface area (Å²) >= 11 is 0. The number of carbonyl (C=O) groups excluding carboxylic acids is 2. The highest BCUT2D eigenvalue weighted by Crippen LogP contribution is 2.26. The average Bonchev–Trinajstić information content (AvgIpc) is 2.42. The van der Waals surface area contributed by atoms with Gasteiger partial charge >= 0.3 is 5.97 Å². The predicted molar refractivity (Wildman–Crippen MR) is 69.3 cm³/mol. The molecule has 0 unspecified atom stereocenters. The highest BCUT2D eigenvalue weighted by Gasteiger charge is 2.27. The fourth-order valence-corrected chi connectivity index (χ4v) is 1.89. The van der Waals surface area contributed by atoms with E-state index in [2.05, 4.69) is 5.32 Å². The predicted octanol–water partition coefficient (Wildman–Crippen LogP) is 0.983. The number of benzene rings is 1. The molecule has 1 aromatic rings. The van der Waals surface area contributed by atoms with Crippen LogP contribution in [0.1, 0.15) is 17.3 Å². The zero-order valence-electron chi connectivity index (χ0n) is 10.8. The molecule has 0 radical (unpaired) electrons. The molecule has 0 saturated carbocycles. The van der Waals surface area contributed by atoms with E-state index in [4.69, 9.17) is 4.74 Å². The summed E-state index contributed by atoms with van der Waals surface area (Å²) in [5, 5.41) is 13.7. The lowest BCUT2D eigenvalue weighted by Crippen LogP contribution is -2.43. The first kappa shape index (κ1) is 13.8. The molecule has 8 nitrogen and oxygen atoms in total. The Bertz CT molecular complexity index is 572. The lowest BCUT2D eigenvalue weighted by Gasteiger charge is -2.28. The Morgan fingerprint density at radius 1 is 1.55 bits per heavy atom. The van der Waals surface area contributed by atoms with E-state index in [1.54, 1.807) is 6.92 Å². The van der Waals surface area contributed by atoms with Crippen molar-refractivity contribution in [2.75, 3.05) is 25.1 Å². The van der Waals surface area contributed by atoms with Crippen LogP contribution < -0.4 is 5.32 Å². The summed E-state index contributed by atoms with van der Waals surface area (Å²) in [5.74, 6) is -0.952. The Morgan fingerprint density at radius 3 is 2.95 bits per heavy atom. The number of hydrogen-bond donors (Lipinski definition) is 1. The first-order chi connectivity index (χ1) is 9.52. The lowest BCUT2D eigenvalue weighted by molar-refractivity contribution is -0.384. The van der Waals surface area contributed by atoms with E-state index < -0.39 is 16.8 Å². The number of anilines is 1. The number of amides is 1. The molecule has 8 heteroatoms. The summed E-state index contributed by atoms with van der Waals surface area (Å²) in [4.78, 5) is 35.0. The van der Waals surface area contributed by atoms with Crippen molar-refractivity contribution in [1.29, 1.82) is 0 Å². The van der Waals surface area contributed by atoms with E-state index in [0.29, 0.717) is 5.69 Å². The number of non-ortho nitro benzene ring substituents is 1. The quantitative estimate of drug-likeness (QED) is 0.501. The summed E-state index contributed by atoms with van der Waals surface area (Å²) in [6.07, 6.45) is 0. The number of fused-ring (bicyclic) bond motifs is 1. The normalized spacial score (nSPS) is 13.4. The number of nitrogens with one attached hydrogen (secondary N) is 1. The summed E-state index contributed by atoms with van der Waals surface area (Å²) in [7, 11) is 0. The minimum atomic E-state index is -0.572. The lowest BCUT2D eigenvalue weighted by atomic mass is 10.1. The first-order valence-corrected chi connectivity index (χ1v) is 6.00. The zero-order chi connectivity index (χ0) is 14.7. The van der Waals surface area contributed by atoms with Gasteiger partial charge in [0, 0.05) is 17.8 Å². The van der Waals surface area contributed by atoms with Crippen molar-refractivity contribution in [3.63, 3.8) is 0 Å². The molecule has 1 N–H and O–H groups in total. The fourth-order valence-electron chi connectivity index (χ4n) is 1.89. The van der Waals surface area contributed by atoms with Crippen molar-refractivity contribution in [3.8, 4) is 0 Å². The van der Waals surface area contributed by atoms with Crippen LogP contribution in [0.4, 0.5) is 11.4 Å². The van der Waals surface area contributed by atoms with Crippen molar-refractivity contribution in [3.05, 3.63) is 33.9 Å². The third-order valence-electron chi connectivity index (χ3n) is 2.82. The molecule has 0 atom stereocenters. The molecule has 1 heterocycles. The van der Waals surface area contributed by atoms with Gasteiger partial charge in [-0.2, -0.15) is 0 Å². The molecular weight excluding hydrogens is 266 g/mol. The number of ether oxygens (including phenoxy) is 1. The summed E-state index contributed by atoms with van der Waals surface area (Å²) in [6, 6.07) is 4.00.